The highest BCUT2D eigenvalue weighted by atomic mass is 35.5. The Morgan fingerprint density at radius 3 is 2.06 bits per heavy atom. The molecular formula is C10H14Cl2N2O3S. The quantitative estimate of drug-likeness (QED) is 0.821. The summed E-state index contributed by atoms with van der Waals surface area (Å²) in [5.74, 6) is -0.274. The van der Waals surface area contributed by atoms with Gasteiger partial charge in [-0.15, -0.1) is 0 Å². The second-order valence-corrected chi connectivity index (χ2v) is 5.96. The Labute approximate surface area is 116 Å². The molecule has 0 aromatic heterocycles. The second-order valence-electron chi connectivity index (χ2n) is 3.48. The predicted molar refractivity (Wildman–Crippen MR) is 73.6 cm³/mol. The first-order valence-corrected chi connectivity index (χ1v) is 7.47. The minimum absolute atomic E-state index is 0.0141. The molecule has 0 saturated carbocycles. The first-order valence-electron chi connectivity index (χ1n) is 5.27. The molecule has 0 saturated heterocycles. The summed E-state index contributed by atoms with van der Waals surface area (Å²) in [4.78, 5) is 0. The van der Waals surface area contributed by atoms with Gasteiger partial charge in [0.1, 0.15) is 0 Å². The topological polar surface area (TPSA) is 69.6 Å². The molecule has 0 amide bonds. The van der Waals surface area contributed by atoms with Crippen molar-refractivity contribution >= 4 is 39.1 Å². The number of nitrogens with one attached hydrogen (secondary N) is 1. The zero-order valence-electron chi connectivity index (χ0n) is 9.94. The number of benzene rings is 1. The van der Waals surface area contributed by atoms with Crippen molar-refractivity contribution in [3.63, 3.8) is 0 Å². The fourth-order valence-electron chi connectivity index (χ4n) is 1.40. The van der Waals surface area contributed by atoms with Crippen molar-refractivity contribution in [1.29, 1.82) is 0 Å². The maximum Gasteiger partial charge on any atom is 0.301 e. The van der Waals surface area contributed by atoms with Crippen LogP contribution >= 0.6 is 23.2 Å². The zero-order chi connectivity index (χ0) is 13.9. The summed E-state index contributed by atoms with van der Waals surface area (Å²) >= 11 is 11.4. The Morgan fingerprint density at radius 1 is 1.22 bits per heavy atom. The molecule has 1 rings (SSSR count). The van der Waals surface area contributed by atoms with Crippen molar-refractivity contribution in [1.82, 2.24) is 4.31 Å². The average Bonchev–Trinajstić information content (AvgIpc) is 2.26. The number of anilines is 1. The zero-order valence-corrected chi connectivity index (χ0v) is 12.3. The number of aromatic hydroxyl groups is 1. The molecule has 0 radical (unpaired) electrons. The third-order valence-electron chi connectivity index (χ3n) is 2.31. The number of halogens is 2. The van der Waals surface area contributed by atoms with E-state index in [2.05, 4.69) is 4.72 Å². The third kappa shape index (κ3) is 3.41. The van der Waals surface area contributed by atoms with E-state index in [0.717, 1.165) is 0 Å². The lowest BCUT2D eigenvalue weighted by Gasteiger charge is -2.19. The summed E-state index contributed by atoms with van der Waals surface area (Å²) in [6, 6.07) is 2.59. The van der Waals surface area contributed by atoms with Gasteiger partial charge in [0, 0.05) is 13.1 Å². The van der Waals surface area contributed by atoms with Gasteiger partial charge in [0.05, 0.1) is 15.7 Å². The van der Waals surface area contributed by atoms with E-state index in [9.17, 15) is 13.5 Å². The van der Waals surface area contributed by atoms with Gasteiger partial charge < -0.3 is 5.11 Å². The van der Waals surface area contributed by atoms with Crippen molar-refractivity contribution in [2.75, 3.05) is 17.8 Å². The van der Waals surface area contributed by atoms with E-state index in [1.807, 2.05) is 0 Å². The Hall–Kier alpha value is -0.690. The number of phenolic OH excluding ortho intramolecular Hbond substituents is 1. The van der Waals surface area contributed by atoms with Crippen LogP contribution in [0.2, 0.25) is 10.0 Å². The average molecular weight is 313 g/mol. The van der Waals surface area contributed by atoms with Gasteiger partial charge in [-0.2, -0.15) is 12.7 Å². The Morgan fingerprint density at radius 2 is 1.67 bits per heavy atom. The number of hydrogen-bond donors (Lipinski definition) is 2. The molecule has 1 aromatic rings. The first-order chi connectivity index (χ1) is 8.31. The van der Waals surface area contributed by atoms with E-state index >= 15 is 0 Å². The van der Waals surface area contributed by atoms with Crippen molar-refractivity contribution < 1.29 is 13.5 Å². The van der Waals surface area contributed by atoms with Gasteiger partial charge in [-0.05, 0) is 12.1 Å². The molecule has 0 atom stereocenters. The van der Waals surface area contributed by atoms with E-state index in [1.165, 1.54) is 16.4 Å². The first kappa shape index (κ1) is 15.4. The Balaban J connectivity index is 3.05. The highest BCUT2D eigenvalue weighted by Gasteiger charge is 2.19. The summed E-state index contributed by atoms with van der Waals surface area (Å²) < 4.78 is 27.5. The van der Waals surface area contributed by atoms with Gasteiger partial charge >= 0.3 is 10.2 Å². The van der Waals surface area contributed by atoms with Crippen LogP contribution in [-0.2, 0) is 10.2 Å². The van der Waals surface area contributed by atoms with Crippen molar-refractivity contribution in [2.45, 2.75) is 13.8 Å². The maximum absolute atomic E-state index is 11.9. The monoisotopic (exact) mass is 312 g/mol. The summed E-state index contributed by atoms with van der Waals surface area (Å²) in [6.45, 7) is 4.18. The van der Waals surface area contributed by atoms with E-state index < -0.39 is 10.2 Å². The van der Waals surface area contributed by atoms with Gasteiger partial charge in [-0.3, -0.25) is 4.72 Å². The number of phenols is 1. The molecule has 0 fully saturated rings. The van der Waals surface area contributed by atoms with Crippen LogP contribution in [0.25, 0.3) is 0 Å². The second kappa shape index (κ2) is 5.97. The van der Waals surface area contributed by atoms with Gasteiger partial charge in [0.15, 0.2) is 5.75 Å². The number of nitrogens with zero attached hydrogens (tertiary/aromatic N) is 1. The minimum atomic E-state index is -3.64. The lowest BCUT2D eigenvalue weighted by molar-refractivity contribution is 0.449. The lowest BCUT2D eigenvalue weighted by Crippen LogP contribution is -2.35. The molecule has 102 valence electrons. The molecule has 1 aromatic carbocycles. The van der Waals surface area contributed by atoms with Gasteiger partial charge in [-0.1, -0.05) is 37.0 Å². The van der Waals surface area contributed by atoms with Crippen LogP contribution in [0.3, 0.4) is 0 Å². The van der Waals surface area contributed by atoms with E-state index in [1.54, 1.807) is 13.8 Å². The van der Waals surface area contributed by atoms with Crippen LogP contribution in [0, 0.1) is 0 Å². The molecule has 0 aliphatic rings. The fraction of sp³-hybridized carbons (Fsp3) is 0.400. The van der Waals surface area contributed by atoms with Crippen LogP contribution in [0.4, 0.5) is 5.69 Å². The van der Waals surface area contributed by atoms with E-state index in [0.29, 0.717) is 13.1 Å². The standard InChI is InChI=1S/C10H14Cl2N2O3S/c1-3-14(4-2)18(16,17)13-7-5-8(11)10(15)9(12)6-7/h5-6,13,15H,3-4H2,1-2H3. The van der Waals surface area contributed by atoms with Crippen molar-refractivity contribution in [3.05, 3.63) is 22.2 Å². The van der Waals surface area contributed by atoms with Crippen molar-refractivity contribution in [3.8, 4) is 5.75 Å². The highest BCUT2D eigenvalue weighted by Crippen LogP contribution is 2.34. The molecule has 5 nitrogen and oxygen atoms in total. The Bertz CT molecular complexity index is 507. The van der Waals surface area contributed by atoms with Crippen LogP contribution in [0.5, 0.6) is 5.75 Å². The predicted octanol–water partition coefficient (Wildman–Crippen LogP) is 2.70. The molecule has 0 spiro atoms. The molecule has 0 aliphatic carbocycles. The number of rotatable bonds is 5. The molecule has 8 heteroatoms. The molecule has 18 heavy (non-hydrogen) atoms. The SMILES string of the molecule is CCN(CC)S(=O)(=O)Nc1cc(Cl)c(O)c(Cl)c1. The molecule has 0 unspecified atom stereocenters. The minimum Gasteiger partial charge on any atom is -0.505 e. The lowest BCUT2D eigenvalue weighted by atomic mass is 10.3. The van der Waals surface area contributed by atoms with Crippen molar-refractivity contribution in [2.24, 2.45) is 0 Å². The molecule has 0 aliphatic heterocycles. The third-order valence-corrected chi connectivity index (χ3v) is 4.58. The summed E-state index contributed by atoms with van der Waals surface area (Å²) in [6.07, 6.45) is 0. The highest BCUT2D eigenvalue weighted by molar-refractivity contribution is 7.90. The Kier molecular flexibility index (Phi) is 5.10. The molecular weight excluding hydrogens is 299 g/mol. The van der Waals surface area contributed by atoms with Gasteiger partial charge in [-0.25, -0.2) is 0 Å². The fourth-order valence-corrected chi connectivity index (χ4v) is 3.11. The van der Waals surface area contributed by atoms with Crippen LogP contribution in [-0.4, -0.2) is 30.9 Å². The summed E-state index contributed by atoms with van der Waals surface area (Å²) in [7, 11) is -3.64. The van der Waals surface area contributed by atoms with Gasteiger partial charge in [0.2, 0.25) is 0 Å². The molecule has 0 heterocycles. The normalized spacial score (nSPS) is 11.8. The smallest absolute Gasteiger partial charge is 0.301 e. The van der Waals surface area contributed by atoms with Crippen LogP contribution in [0.15, 0.2) is 12.1 Å². The van der Waals surface area contributed by atoms with Gasteiger partial charge in [0.25, 0.3) is 0 Å². The molecule has 2 N–H and O–H groups in total. The maximum atomic E-state index is 11.9. The number of hydrogen-bond acceptors (Lipinski definition) is 3. The molecule has 0 bridgehead atoms. The van der Waals surface area contributed by atoms with E-state index in [4.69, 9.17) is 23.2 Å². The largest absolute Gasteiger partial charge is 0.505 e. The summed E-state index contributed by atoms with van der Waals surface area (Å²) in [5, 5.41) is 9.35. The van der Waals surface area contributed by atoms with Crippen LogP contribution < -0.4 is 4.72 Å². The van der Waals surface area contributed by atoms with Crippen LogP contribution in [0.1, 0.15) is 13.8 Å². The summed E-state index contributed by atoms with van der Waals surface area (Å²) in [5.41, 5.74) is 0.203. The van der Waals surface area contributed by atoms with E-state index in [-0.39, 0.29) is 21.5 Å².